The van der Waals surface area contributed by atoms with Crippen molar-refractivity contribution < 1.29 is 18.7 Å². The molecular weight excluding hydrogens is 611 g/mol. The monoisotopic (exact) mass is 642 g/mol. The summed E-state index contributed by atoms with van der Waals surface area (Å²) in [5.41, 5.74) is 6.38. The molecule has 5 heterocycles. The summed E-state index contributed by atoms with van der Waals surface area (Å²) >= 11 is 5.86. The number of esters is 1. The molecule has 3 aromatic heterocycles. The Kier molecular flexibility index (Phi) is 8.14. The largest absolute Gasteiger partial charge is 0.465 e. The van der Waals surface area contributed by atoms with Crippen molar-refractivity contribution in [3.63, 3.8) is 0 Å². The quantitative estimate of drug-likeness (QED) is 0.156. The van der Waals surface area contributed by atoms with Gasteiger partial charge >= 0.3 is 12.0 Å². The maximum absolute atomic E-state index is 14.2. The lowest BCUT2D eigenvalue weighted by Gasteiger charge is -2.23. The topological polar surface area (TPSA) is 103 Å². The zero-order chi connectivity index (χ0) is 31.8. The Labute approximate surface area is 269 Å². The summed E-state index contributed by atoms with van der Waals surface area (Å²) in [4.78, 5) is 35.1. The zero-order valence-electron chi connectivity index (χ0n) is 25.5. The molecule has 0 amide bonds. The number of carbonyl (C=O) groups is 1. The van der Waals surface area contributed by atoms with Gasteiger partial charge in [-0.05, 0) is 54.5 Å². The highest BCUT2D eigenvalue weighted by atomic mass is 35.5. The van der Waals surface area contributed by atoms with Crippen LogP contribution in [0.25, 0.3) is 11.0 Å². The van der Waals surface area contributed by atoms with E-state index in [0.29, 0.717) is 29.2 Å². The smallest absolute Gasteiger partial charge is 0.337 e. The van der Waals surface area contributed by atoms with E-state index in [4.69, 9.17) is 26.1 Å². The summed E-state index contributed by atoms with van der Waals surface area (Å²) in [7, 11) is 1.39. The Balaban J connectivity index is 1.04. The molecule has 0 fully saturated rings. The SMILES string of the molecule is CCn1cncc1Cn1c(CN2CC3=C(C2)CN(c2ccnc(OCc4ccc(Cl)cc4F)n2)C3)nc2ccc(C(=O)OC)cc21. The van der Waals surface area contributed by atoms with Gasteiger partial charge in [-0.3, -0.25) is 4.90 Å². The normalized spacial score (nSPS) is 14.8. The molecule has 5 aromatic rings. The number of ether oxygens (including phenoxy) is 2. The number of rotatable bonds is 10. The molecule has 2 aliphatic heterocycles. The van der Waals surface area contributed by atoms with Crippen molar-refractivity contribution in [3.05, 3.63) is 106 Å². The van der Waals surface area contributed by atoms with Crippen LogP contribution in [-0.4, -0.2) is 73.2 Å². The van der Waals surface area contributed by atoms with Crippen molar-refractivity contribution in [2.75, 3.05) is 38.2 Å². The fraction of sp³-hybridized carbons (Fsp3) is 0.303. The summed E-state index contributed by atoms with van der Waals surface area (Å²) in [6, 6.07) is 12.0. The lowest BCUT2D eigenvalue weighted by Crippen LogP contribution is -2.31. The number of anilines is 1. The Morgan fingerprint density at radius 1 is 1.02 bits per heavy atom. The minimum Gasteiger partial charge on any atom is -0.465 e. The fourth-order valence-electron chi connectivity index (χ4n) is 6.13. The van der Waals surface area contributed by atoms with Crippen molar-refractivity contribution in [2.24, 2.45) is 0 Å². The van der Waals surface area contributed by atoms with Crippen LogP contribution in [0.4, 0.5) is 10.2 Å². The van der Waals surface area contributed by atoms with Crippen molar-refractivity contribution in [1.29, 1.82) is 0 Å². The summed E-state index contributed by atoms with van der Waals surface area (Å²) in [6.07, 6.45) is 5.37. The Morgan fingerprint density at radius 2 is 1.85 bits per heavy atom. The van der Waals surface area contributed by atoms with Crippen LogP contribution in [0.2, 0.25) is 5.02 Å². The molecule has 0 saturated heterocycles. The van der Waals surface area contributed by atoms with E-state index in [1.54, 1.807) is 24.4 Å². The molecule has 0 saturated carbocycles. The molecule has 0 radical (unpaired) electrons. The van der Waals surface area contributed by atoms with E-state index in [0.717, 1.165) is 61.1 Å². The lowest BCUT2D eigenvalue weighted by atomic mass is 10.2. The van der Waals surface area contributed by atoms with Gasteiger partial charge in [0.05, 0.1) is 48.8 Å². The number of imidazole rings is 2. The van der Waals surface area contributed by atoms with Gasteiger partial charge in [0.25, 0.3) is 0 Å². The van der Waals surface area contributed by atoms with E-state index >= 15 is 0 Å². The summed E-state index contributed by atoms with van der Waals surface area (Å²) in [5, 5.41) is 0.334. The predicted octanol–water partition coefficient (Wildman–Crippen LogP) is 4.88. The Bertz CT molecular complexity index is 1950. The molecule has 0 bridgehead atoms. The molecule has 0 atom stereocenters. The molecule has 46 heavy (non-hydrogen) atoms. The predicted molar refractivity (Wildman–Crippen MR) is 170 cm³/mol. The van der Waals surface area contributed by atoms with E-state index in [1.165, 1.54) is 24.3 Å². The molecular formula is C33H32ClFN8O3. The van der Waals surface area contributed by atoms with E-state index in [9.17, 15) is 9.18 Å². The van der Waals surface area contributed by atoms with Crippen LogP contribution < -0.4 is 9.64 Å². The molecule has 7 rings (SSSR count). The van der Waals surface area contributed by atoms with Crippen molar-refractivity contribution in [3.8, 4) is 6.01 Å². The molecule has 13 heteroatoms. The number of aryl methyl sites for hydroxylation is 1. The first-order chi connectivity index (χ1) is 22.4. The van der Waals surface area contributed by atoms with Crippen molar-refractivity contribution in [1.82, 2.24) is 34.0 Å². The van der Waals surface area contributed by atoms with Gasteiger partial charge in [0.2, 0.25) is 0 Å². The minimum absolute atomic E-state index is 0.00568. The minimum atomic E-state index is -0.428. The number of halogens is 2. The van der Waals surface area contributed by atoms with Crippen LogP contribution in [-0.2, 0) is 31.0 Å². The second kappa shape index (κ2) is 12.5. The Morgan fingerprint density at radius 3 is 2.61 bits per heavy atom. The van der Waals surface area contributed by atoms with E-state index < -0.39 is 5.82 Å². The van der Waals surface area contributed by atoms with Crippen LogP contribution in [0.5, 0.6) is 6.01 Å². The maximum atomic E-state index is 14.2. The second-order valence-electron chi connectivity index (χ2n) is 11.4. The molecule has 0 unspecified atom stereocenters. The Hall–Kier alpha value is -4.81. The molecule has 0 aliphatic carbocycles. The number of aromatic nitrogens is 6. The van der Waals surface area contributed by atoms with Crippen LogP contribution in [0, 0.1) is 5.82 Å². The first-order valence-electron chi connectivity index (χ1n) is 15.0. The van der Waals surface area contributed by atoms with Crippen LogP contribution in [0.3, 0.4) is 0 Å². The van der Waals surface area contributed by atoms with Gasteiger partial charge in [0.1, 0.15) is 24.1 Å². The van der Waals surface area contributed by atoms with Gasteiger partial charge in [0, 0.05) is 55.7 Å². The van der Waals surface area contributed by atoms with Crippen molar-refractivity contribution >= 4 is 34.4 Å². The first-order valence-corrected chi connectivity index (χ1v) is 15.4. The fourth-order valence-corrected chi connectivity index (χ4v) is 6.29. The second-order valence-corrected chi connectivity index (χ2v) is 11.8. The highest BCUT2D eigenvalue weighted by Crippen LogP contribution is 2.31. The molecule has 11 nitrogen and oxygen atoms in total. The van der Waals surface area contributed by atoms with Gasteiger partial charge in [-0.1, -0.05) is 17.7 Å². The number of benzene rings is 2. The third-order valence-electron chi connectivity index (χ3n) is 8.48. The van der Waals surface area contributed by atoms with Gasteiger partial charge in [-0.15, -0.1) is 0 Å². The molecule has 0 spiro atoms. The number of hydrogen-bond donors (Lipinski definition) is 0. The average molecular weight is 643 g/mol. The van der Waals surface area contributed by atoms with Gasteiger partial charge < -0.3 is 23.5 Å². The van der Waals surface area contributed by atoms with Gasteiger partial charge in [-0.25, -0.2) is 24.1 Å². The molecule has 236 valence electrons. The molecule has 2 aliphatic rings. The number of fused-ring (bicyclic) bond motifs is 1. The summed E-state index contributed by atoms with van der Waals surface area (Å²) < 4.78 is 29.2. The van der Waals surface area contributed by atoms with Crippen LogP contribution >= 0.6 is 11.6 Å². The summed E-state index contributed by atoms with van der Waals surface area (Å²) in [5.74, 6) is 0.881. The maximum Gasteiger partial charge on any atom is 0.337 e. The number of methoxy groups -OCH3 is 1. The van der Waals surface area contributed by atoms with E-state index in [1.807, 2.05) is 30.7 Å². The van der Waals surface area contributed by atoms with Crippen LogP contribution in [0.15, 0.2) is 72.3 Å². The average Bonchev–Trinajstić information content (AvgIpc) is 3.84. The summed E-state index contributed by atoms with van der Waals surface area (Å²) in [6.45, 7) is 7.29. The third-order valence-corrected chi connectivity index (χ3v) is 8.71. The molecule has 2 aromatic carbocycles. The lowest BCUT2D eigenvalue weighted by molar-refractivity contribution is 0.0601. The van der Waals surface area contributed by atoms with E-state index in [-0.39, 0.29) is 18.6 Å². The van der Waals surface area contributed by atoms with Gasteiger partial charge in [0.15, 0.2) is 0 Å². The zero-order valence-corrected chi connectivity index (χ0v) is 26.2. The first kappa shape index (κ1) is 29.9. The highest BCUT2D eigenvalue weighted by Gasteiger charge is 2.31. The standard InChI is InChI=1S/C33H32ClFN8O3/c1-3-41-20-36-12-26(41)17-43-29-10-21(32(44)45-2)5-7-28(29)38-31(43)18-40-13-23-15-42(16-24(23)14-40)30-8-9-37-33(39-30)46-19-22-4-6-25(34)11-27(22)35/h4-12,20H,3,13-19H2,1-2H3. The molecule has 0 N–H and O–H groups in total. The van der Waals surface area contributed by atoms with Crippen LogP contribution in [0.1, 0.15) is 34.4 Å². The number of carbonyl (C=O) groups excluding carboxylic acids is 1. The number of nitrogens with zero attached hydrogens (tertiary/aromatic N) is 8. The number of hydrogen-bond acceptors (Lipinski definition) is 9. The van der Waals surface area contributed by atoms with E-state index in [2.05, 4.69) is 40.8 Å². The van der Waals surface area contributed by atoms with Crippen molar-refractivity contribution in [2.45, 2.75) is 33.2 Å². The highest BCUT2D eigenvalue weighted by molar-refractivity contribution is 6.30. The third kappa shape index (κ3) is 5.93. The van der Waals surface area contributed by atoms with Gasteiger partial charge in [-0.2, -0.15) is 4.98 Å².